The van der Waals surface area contributed by atoms with Gasteiger partial charge in [-0.1, -0.05) is 11.8 Å². The first kappa shape index (κ1) is 11.6. The summed E-state index contributed by atoms with van der Waals surface area (Å²) in [6, 6.07) is 0. The molecule has 0 aromatic carbocycles. The first-order chi connectivity index (χ1) is 7.22. The third kappa shape index (κ3) is 2.73. The zero-order chi connectivity index (χ0) is 11.3. The average molecular weight is 223 g/mol. The van der Waals surface area contributed by atoms with Crippen LogP contribution < -0.4 is 0 Å². The molecular formula is C9H13N5S. The van der Waals surface area contributed by atoms with Gasteiger partial charge in [-0.3, -0.25) is 9.89 Å². The van der Waals surface area contributed by atoms with Crippen LogP contribution in [0.25, 0.3) is 0 Å². The summed E-state index contributed by atoms with van der Waals surface area (Å²) < 4.78 is 0. The van der Waals surface area contributed by atoms with Crippen LogP contribution >= 0.6 is 11.8 Å². The third-order valence-electron chi connectivity index (χ3n) is 1.98. The molecule has 1 aromatic heterocycles. The van der Waals surface area contributed by atoms with E-state index >= 15 is 0 Å². The van der Waals surface area contributed by atoms with Gasteiger partial charge in [0.05, 0.1) is 24.3 Å². The molecular weight excluding hydrogens is 210 g/mol. The minimum Gasteiger partial charge on any atom is -0.347 e. The maximum absolute atomic E-state index is 9.00. The van der Waals surface area contributed by atoms with Crippen LogP contribution in [-0.2, 0) is 6.54 Å². The number of aliphatic imine (C=N–C) groups is 1. The minimum absolute atomic E-state index is 0.482. The highest BCUT2D eigenvalue weighted by molar-refractivity contribution is 8.13. The average Bonchev–Trinajstić information content (AvgIpc) is 2.64. The van der Waals surface area contributed by atoms with Crippen LogP contribution in [0.3, 0.4) is 0 Å². The largest absolute Gasteiger partial charge is 0.347 e. The Morgan fingerprint density at radius 3 is 2.93 bits per heavy atom. The van der Waals surface area contributed by atoms with Crippen molar-refractivity contribution >= 4 is 16.9 Å². The standard InChI is InChI=1S/C9H13N5S/c1-7-8(13-6-12-7)4-14(5-10)9(11-2)15-3/h6H,4H2,1-3H3,(H,12,13). The zero-order valence-corrected chi connectivity index (χ0v) is 9.80. The van der Waals surface area contributed by atoms with Crippen LogP contribution in [-0.4, -0.2) is 33.3 Å². The van der Waals surface area contributed by atoms with E-state index in [1.54, 1.807) is 13.4 Å². The molecule has 15 heavy (non-hydrogen) atoms. The Morgan fingerprint density at radius 1 is 1.80 bits per heavy atom. The molecule has 0 amide bonds. The Labute approximate surface area is 93.2 Å². The lowest BCUT2D eigenvalue weighted by Crippen LogP contribution is -2.23. The summed E-state index contributed by atoms with van der Waals surface area (Å²) in [6.45, 7) is 2.39. The zero-order valence-electron chi connectivity index (χ0n) is 8.98. The van der Waals surface area contributed by atoms with Gasteiger partial charge < -0.3 is 4.98 Å². The summed E-state index contributed by atoms with van der Waals surface area (Å²) in [4.78, 5) is 12.7. The van der Waals surface area contributed by atoms with Crippen molar-refractivity contribution in [1.29, 1.82) is 5.26 Å². The molecule has 0 bridgehead atoms. The van der Waals surface area contributed by atoms with E-state index in [4.69, 9.17) is 5.26 Å². The molecule has 1 heterocycles. The maximum Gasteiger partial charge on any atom is 0.186 e. The normalized spacial score (nSPS) is 11.2. The summed E-state index contributed by atoms with van der Waals surface area (Å²) in [5.41, 5.74) is 1.85. The Kier molecular flexibility index (Phi) is 4.18. The monoisotopic (exact) mass is 223 g/mol. The lowest BCUT2D eigenvalue weighted by Gasteiger charge is -2.14. The number of nitriles is 1. The molecule has 1 aromatic rings. The van der Waals surface area contributed by atoms with Crippen LogP contribution in [0.4, 0.5) is 0 Å². The molecule has 1 N–H and O–H groups in total. The summed E-state index contributed by atoms with van der Waals surface area (Å²) in [7, 11) is 1.68. The second-order valence-corrected chi connectivity index (χ2v) is 3.64. The van der Waals surface area contributed by atoms with Crippen molar-refractivity contribution in [3.63, 3.8) is 0 Å². The number of aryl methyl sites for hydroxylation is 1. The molecule has 6 heteroatoms. The number of rotatable bonds is 2. The fraction of sp³-hybridized carbons (Fsp3) is 0.444. The van der Waals surface area contributed by atoms with Crippen molar-refractivity contribution < 1.29 is 0 Å². The molecule has 0 radical (unpaired) electrons. The molecule has 0 saturated heterocycles. The number of imidazole rings is 1. The Morgan fingerprint density at radius 2 is 2.53 bits per heavy atom. The quantitative estimate of drug-likeness (QED) is 0.355. The van der Waals surface area contributed by atoms with E-state index in [0.717, 1.165) is 11.4 Å². The van der Waals surface area contributed by atoms with E-state index in [0.29, 0.717) is 11.7 Å². The Balaban J connectivity index is 2.80. The number of nitrogens with one attached hydrogen (secondary N) is 1. The predicted octanol–water partition coefficient (Wildman–Crippen LogP) is 1.35. The van der Waals surface area contributed by atoms with E-state index in [1.165, 1.54) is 16.7 Å². The molecule has 0 aliphatic rings. The van der Waals surface area contributed by atoms with Gasteiger partial charge >= 0.3 is 0 Å². The highest BCUT2D eigenvalue weighted by Crippen LogP contribution is 2.10. The van der Waals surface area contributed by atoms with Gasteiger partial charge in [-0.2, -0.15) is 5.26 Å². The highest BCUT2D eigenvalue weighted by Gasteiger charge is 2.12. The predicted molar refractivity (Wildman–Crippen MR) is 61.4 cm³/mol. The smallest absolute Gasteiger partial charge is 0.186 e. The van der Waals surface area contributed by atoms with Crippen molar-refractivity contribution in [3.8, 4) is 6.19 Å². The molecule has 1 rings (SSSR count). The summed E-state index contributed by atoms with van der Waals surface area (Å²) in [5, 5.41) is 9.70. The van der Waals surface area contributed by atoms with E-state index in [9.17, 15) is 0 Å². The number of H-pyrrole nitrogens is 1. The van der Waals surface area contributed by atoms with Crippen LogP contribution in [0, 0.1) is 18.4 Å². The number of hydrogen-bond acceptors (Lipinski definition) is 4. The summed E-state index contributed by atoms with van der Waals surface area (Å²) in [5.74, 6) is 0. The van der Waals surface area contributed by atoms with Gasteiger partial charge in [-0.25, -0.2) is 4.98 Å². The third-order valence-corrected chi connectivity index (χ3v) is 2.74. The molecule has 0 spiro atoms. The van der Waals surface area contributed by atoms with Gasteiger partial charge in [0.1, 0.15) is 0 Å². The molecule has 0 saturated carbocycles. The topological polar surface area (TPSA) is 68.1 Å². The van der Waals surface area contributed by atoms with E-state index < -0.39 is 0 Å². The van der Waals surface area contributed by atoms with Crippen molar-refractivity contribution in [2.75, 3.05) is 13.3 Å². The first-order valence-electron chi connectivity index (χ1n) is 4.39. The van der Waals surface area contributed by atoms with E-state index in [-0.39, 0.29) is 0 Å². The summed E-state index contributed by atoms with van der Waals surface area (Å²) in [6.07, 6.45) is 5.63. The fourth-order valence-corrected chi connectivity index (χ4v) is 1.68. The molecule has 0 fully saturated rings. The lowest BCUT2D eigenvalue weighted by molar-refractivity contribution is 0.570. The maximum atomic E-state index is 9.00. The van der Waals surface area contributed by atoms with Gasteiger partial charge in [0.25, 0.3) is 0 Å². The molecule has 0 aliphatic heterocycles. The van der Waals surface area contributed by atoms with Crippen LogP contribution in [0.5, 0.6) is 0 Å². The number of thioether (sulfide) groups is 1. The number of hydrogen-bond donors (Lipinski definition) is 1. The van der Waals surface area contributed by atoms with Gasteiger partial charge in [0.2, 0.25) is 0 Å². The Hall–Kier alpha value is -1.48. The van der Waals surface area contributed by atoms with Gasteiger partial charge in [-0.15, -0.1) is 0 Å². The van der Waals surface area contributed by atoms with Crippen molar-refractivity contribution in [2.24, 2.45) is 4.99 Å². The first-order valence-corrected chi connectivity index (χ1v) is 5.62. The number of aromatic nitrogens is 2. The van der Waals surface area contributed by atoms with E-state index in [2.05, 4.69) is 21.2 Å². The summed E-state index contributed by atoms with van der Waals surface area (Å²) >= 11 is 1.45. The molecule has 0 aliphatic carbocycles. The van der Waals surface area contributed by atoms with Gasteiger partial charge in [-0.05, 0) is 13.2 Å². The molecule has 5 nitrogen and oxygen atoms in total. The van der Waals surface area contributed by atoms with Crippen molar-refractivity contribution in [3.05, 3.63) is 17.7 Å². The van der Waals surface area contributed by atoms with Gasteiger partial charge in [0.15, 0.2) is 11.4 Å². The molecule has 80 valence electrons. The van der Waals surface area contributed by atoms with Crippen molar-refractivity contribution in [2.45, 2.75) is 13.5 Å². The fourth-order valence-electron chi connectivity index (χ4n) is 1.18. The molecule has 0 unspecified atom stereocenters. The van der Waals surface area contributed by atoms with Crippen LogP contribution in [0.15, 0.2) is 11.3 Å². The number of aromatic amines is 1. The lowest BCUT2D eigenvalue weighted by atomic mass is 10.3. The van der Waals surface area contributed by atoms with Gasteiger partial charge in [0, 0.05) is 7.05 Å². The minimum atomic E-state index is 0.482. The SMILES string of the molecule is CN=C(SC)N(C#N)Cc1[nH]cnc1C. The van der Waals surface area contributed by atoms with E-state index in [1.807, 2.05) is 13.2 Å². The number of nitrogens with zero attached hydrogens (tertiary/aromatic N) is 4. The second-order valence-electron chi connectivity index (χ2n) is 2.86. The van der Waals surface area contributed by atoms with Crippen LogP contribution in [0.1, 0.15) is 11.4 Å². The second kappa shape index (κ2) is 5.41. The number of amidine groups is 1. The van der Waals surface area contributed by atoms with Crippen molar-refractivity contribution in [1.82, 2.24) is 14.9 Å². The highest BCUT2D eigenvalue weighted by atomic mass is 32.2. The Bertz CT molecular complexity index is 389. The van der Waals surface area contributed by atoms with Crippen LogP contribution in [0.2, 0.25) is 0 Å². The molecule has 0 atom stereocenters.